The number of hydrogen-bond donors (Lipinski definition) is 2. The minimum absolute atomic E-state index is 0.250. The molecule has 140 valence electrons. The average Bonchev–Trinajstić information content (AvgIpc) is 2.87. The molecule has 0 aromatic rings. The van der Waals surface area contributed by atoms with Crippen LogP contribution in [0.1, 0.15) is 71.6 Å². The predicted octanol–water partition coefficient (Wildman–Crippen LogP) is 2.89. The Morgan fingerprint density at radius 2 is 1.80 bits per heavy atom. The SMILES string of the molecule is C[C@]12CCC(=O)CC1CCC1C2CC[C@@]2(C)C1CC[C@]2(O)C(=O)CO. The van der Waals surface area contributed by atoms with Gasteiger partial charge in [0.1, 0.15) is 18.0 Å². The summed E-state index contributed by atoms with van der Waals surface area (Å²) < 4.78 is 0. The molecule has 25 heavy (non-hydrogen) atoms. The van der Waals surface area contributed by atoms with E-state index in [1.54, 1.807) is 0 Å². The number of hydrogen-bond acceptors (Lipinski definition) is 4. The van der Waals surface area contributed by atoms with Crippen molar-refractivity contribution in [1.82, 2.24) is 0 Å². The van der Waals surface area contributed by atoms with Crippen molar-refractivity contribution >= 4 is 11.6 Å². The maximum Gasteiger partial charge on any atom is 0.190 e. The maximum absolute atomic E-state index is 12.3. The zero-order valence-corrected chi connectivity index (χ0v) is 15.6. The third kappa shape index (κ3) is 2.19. The second-order valence-electron chi connectivity index (χ2n) is 9.84. The summed E-state index contributed by atoms with van der Waals surface area (Å²) in [6.07, 6.45) is 8.02. The minimum Gasteiger partial charge on any atom is -0.388 e. The number of Topliss-reactive ketones (excluding diaryl/α,β-unsaturated/α-hetero) is 2. The van der Waals surface area contributed by atoms with Gasteiger partial charge in [0.05, 0.1) is 0 Å². The number of ketones is 2. The lowest BCUT2D eigenvalue weighted by Gasteiger charge is -2.60. The van der Waals surface area contributed by atoms with Crippen LogP contribution in [0.2, 0.25) is 0 Å². The minimum atomic E-state index is -1.35. The molecule has 0 spiro atoms. The van der Waals surface area contributed by atoms with E-state index in [4.69, 9.17) is 0 Å². The van der Waals surface area contributed by atoms with Gasteiger partial charge in [-0.25, -0.2) is 0 Å². The standard InChI is InChI=1S/C21H32O4/c1-19-8-5-14(23)11-13(19)3-4-15-16(19)6-9-20(2)17(15)7-10-21(20,25)18(24)12-22/h13,15-17,22,25H,3-12H2,1-2H3/t13?,15?,16?,17?,19-,20-,21-/m0/s1. The van der Waals surface area contributed by atoms with Crippen LogP contribution >= 0.6 is 0 Å². The number of fused-ring (bicyclic) bond motifs is 5. The van der Waals surface area contributed by atoms with Crippen molar-refractivity contribution in [2.45, 2.75) is 77.2 Å². The van der Waals surface area contributed by atoms with Crippen LogP contribution in [0, 0.1) is 34.5 Å². The first kappa shape index (κ1) is 17.7. The quantitative estimate of drug-likeness (QED) is 0.805. The molecule has 4 saturated carbocycles. The predicted molar refractivity (Wildman–Crippen MR) is 93.8 cm³/mol. The first-order valence-corrected chi connectivity index (χ1v) is 10.1. The van der Waals surface area contributed by atoms with Gasteiger partial charge in [-0.2, -0.15) is 0 Å². The molecule has 0 radical (unpaired) electrons. The van der Waals surface area contributed by atoms with E-state index in [0.717, 1.165) is 51.4 Å². The number of rotatable bonds is 2. The number of carbonyl (C=O) groups excluding carboxylic acids is 2. The van der Waals surface area contributed by atoms with Gasteiger partial charge in [-0.1, -0.05) is 13.8 Å². The van der Waals surface area contributed by atoms with Crippen LogP contribution in [0.25, 0.3) is 0 Å². The molecule has 4 fully saturated rings. The Morgan fingerprint density at radius 3 is 2.52 bits per heavy atom. The molecule has 4 aliphatic carbocycles. The van der Waals surface area contributed by atoms with E-state index in [9.17, 15) is 19.8 Å². The lowest BCUT2D eigenvalue weighted by molar-refractivity contribution is -0.172. The second kappa shape index (κ2) is 5.63. The molecule has 0 amide bonds. The average molecular weight is 348 g/mol. The topological polar surface area (TPSA) is 74.6 Å². The Kier molecular flexibility index (Phi) is 3.98. The van der Waals surface area contributed by atoms with Crippen LogP contribution in [0.15, 0.2) is 0 Å². The third-order valence-corrected chi connectivity index (χ3v) is 9.24. The fourth-order valence-electron chi connectivity index (χ4n) is 7.65. The van der Waals surface area contributed by atoms with Crippen molar-refractivity contribution < 1.29 is 19.8 Å². The van der Waals surface area contributed by atoms with Crippen LogP contribution in [-0.4, -0.2) is 34.0 Å². The van der Waals surface area contributed by atoms with E-state index in [-0.39, 0.29) is 11.2 Å². The highest BCUT2D eigenvalue weighted by Gasteiger charge is 2.66. The molecule has 4 rings (SSSR count). The van der Waals surface area contributed by atoms with E-state index in [2.05, 4.69) is 13.8 Å². The zero-order valence-electron chi connectivity index (χ0n) is 15.6. The highest BCUT2D eigenvalue weighted by atomic mass is 16.3. The van der Waals surface area contributed by atoms with Gasteiger partial charge in [0.2, 0.25) is 0 Å². The van der Waals surface area contributed by atoms with Gasteiger partial charge in [0.15, 0.2) is 5.78 Å². The summed E-state index contributed by atoms with van der Waals surface area (Å²) in [6, 6.07) is 0. The van der Waals surface area contributed by atoms with Crippen molar-refractivity contribution in [2.24, 2.45) is 34.5 Å². The molecule has 0 saturated heterocycles. The third-order valence-electron chi connectivity index (χ3n) is 9.24. The molecule has 2 N–H and O–H groups in total. The molecular formula is C21H32O4. The smallest absolute Gasteiger partial charge is 0.190 e. The van der Waals surface area contributed by atoms with Crippen LogP contribution in [0.4, 0.5) is 0 Å². The molecule has 7 atom stereocenters. The number of aliphatic hydroxyl groups excluding tert-OH is 1. The summed E-state index contributed by atoms with van der Waals surface area (Å²) in [5.74, 6) is 2.10. The van der Waals surface area contributed by atoms with Gasteiger partial charge in [0, 0.05) is 18.3 Å². The van der Waals surface area contributed by atoms with Gasteiger partial charge in [-0.05, 0) is 74.0 Å². The summed E-state index contributed by atoms with van der Waals surface area (Å²) in [4.78, 5) is 24.3. The summed E-state index contributed by atoms with van der Waals surface area (Å²) in [7, 11) is 0. The van der Waals surface area contributed by atoms with Gasteiger partial charge in [-0.3, -0.25) is 9.59 Å². The molecule has 4 heteroatoms. The second-order valence-corrected chi connectivity index (χ2v) is 9.84. The summed E-state index contributed by atoms with van der Waals surface area (Å²) in [5, 5.41) is 20.6. The van der Waals surface area contributed by atoms with Gasteiger partial charge in [0.25, 0.3) is 0 Å². The Bertz CT molecular complexity index is 601. The van der Waals surface area contributed by atoms with Crippen LogP contribution in [-0.2, 0) is 9.59 Å². The molecule has 0 aromatic carbocycles. The number of carbonyl (C=O) groups is 2. The molecule has 0 heterocycles. The Balaban J connectivity index is 1.64. The molecule has 4 unspecified atom stereocenters. The zero-order chi connectivity index (χ0) is 18.0. The van der Waals surface area contributed by atoms with Gasteiger partial charge in [-0.15, -0.1) is 0 Å². The van der Waals surface area contributed by atoms with Gasteiger partial charge < -0.3 is 10.2 Å². The Hall–Kier alpha value is -0.740. The van der Waals surface area contributed by atoms with Crippen LogP contribution in [0.3, 0.4) is 0 Å². The maximum atomic E-state index is 12.3. The largest absolute Gasteiger partial charge is 0.388 e. The van der Waals surface area contributed by atoms with Crippen LogP contribution in [0.5, 0.6) is 0 Å². The van der Waals surface area contributed by atoms with Crippen molar-refractivity contribution in [2.75, 3.05) is 6.61 Å². The Morgan fingerprint density at radius 1 is 1.08 bits per heavy atom. The van der Waals surface area contributed by atoms with Crippen molar-refractivity contribution in [3.05, 3.63) is 0 Å². The highest BCUT2D eigenvalue weighted by molar-refractivity contribution is 5.89. The summed E-state index contributed by atoms with van der Waals surface area (Å²) in [5.41, 5.74) is -1.50. The first-order chi connectivity index (χ1) is 11.8. The normalized spacial score (nSPS) is 52.2. The monoisotopic (exact) mass is 348 g/mol. The lowest BCUT2D eigenvalue weighted by Crippen LogP contribution is -2.59. The van der Waals surface area contributed by atoms with Crippen molar-refractivity contribution in [3.63, 3.8) is 0 Å². The van der Waals surface area contributed by atoms with Crippen molar-refractivity contribution in [3.8, 4) is 0 Å². The fraction of sp³-hybridized carbons (Fsp3) is 0.905. The van der Waals surface area contributed by atoms with E-state index in [0.29, 0.717) is 35.9 Å². The van der Waals surface area contributed by atoms with Crippen molar-refractivity contribution in [1.29, 1.82) is 0 Å². The van der Waals surface area contributed by atoms with E-state index >= 15 is 0 Å². The molecule has 4 aliphatic rings. The lowest BCUT2D eigenvalue weighted by atomic mass is 9.44. The first-order valence-electron chi connectivity index (χ1n) is 10.1. The van der Waals surface area contributed by atoms with E-state index in [1.165, 1.54) is 0 Å². The van der Waals surface area contributed by atoms with Gasteiger partial charge >= 0.3 is 0 Å². The molecule has 0 bridgehead atoms. The molecule has 4 nitrogen and oxygen atoms in total. The highest BCUT2D eigenvalue weighted by Crippen LogP contribution is 2.68. The number of aliphatic hydroxyl groups is 2. The van der Waals surface area contributed by atoms with E-state index < -0.39 is 17.6 Å². The molecular weight excluding hydrogens is 316 g/mol. The molecule has 0 aliphatic heterocycles. The summed E-state index contributed by atoms with van der Waals surface area (Å²) in [6.45, 7) is 3.94. The fourth-order valence-corrected chi connectivity index (χ4v) is 7.65. The summed E-state index contributed by atoms with van der Waals surface area (Å²) >= 11 is 0. The Labute approximate surface area is 150 Å². The van der Waals surface area contributed by atoms with Crippen LogP contribution < -0.4 is 0 Å². The van der Waals surface area contributed by atoms with E-state index in [1.807, 2.05) is 0 Å². The molecule has 0 aromatic heterocycles.